The number of aryl methyl sites for hydroxylation is 1. The van der Waals surface area contributed by atoms with E-state index in [2.05, 4.69) is 9.62 Å². The molecule has 1 aliphatic rings. The van der Waals surface area contributed by atoms with Crippen molar-refractivity contribution in [1.29, 1.82) is 0 Å². The molecule has 2 aromatic rings. The molecule has 0 bridgehead atoms. The maximum Gasteiger partial charge on any atom is 0.261 e. The van der Waals surface area contributed by atoms with Crippen LogP contribution in [0.4, 0.5) is 11.4 Å². The number of nitrogens with one attached hydrogen (secondary N) is 1. The summed E-state index contributed by atoms with van der Waals surface area (Å²) in [6, 6.07) is 12.3. The van der Waals surface area contributed by atoms with Gasteiger partial charge in [0.1, 0.15) is 5.75 Å². The first-order chi connectivity index (χ1) is 12.9. The maximum atomic E-state index is 12.6. The van der Waals surface area contributed by atoms with Crippen molar-refractivity contribution in [3.63, 3.8) is 0 Å². The molecule has 7 heteroatoms. The Labute approximate surface area is 161 Å². The molecule has 0 aliphatic carbocycles. The van der Waals surface area contributed by atoms with Crippen LogP contribution in [-0.4, -0.2) is 41.8 Å². The van der Waals surface area contributed by atoms with Gasteiger partial charge in [0, 0.05) is 31.6 Å². The molecule has 0 amide bonds. The summed E-state index contributed by atoms with van der Waals surface area (Å²) < 4.78 is 38.6. The first-order valence-electron chi connectivity index (χ1n) is 8.98. The van der Waals surface area contributed by atoms with Crippen molar-refractivity contribution >= 4 is 21.4 Å². The Morgan fingerprint density at radius 1 is 1.11 bits per heavy atom. The molecule has 146 valence electrons. The Balaban J connectivity index is 1.73. The Bertz CT molecular complexity index is 881. The molecule has 2 aromatic carbocycles. The third-order valence-corrected chi connectivity index (χ3v) is 6.25. The molecule has 0 spiro atoms. The van der Waals surface area contributed by atoms with Gasteiger partial charge in [-0.1, -0.05) is 0 Å². The largest absolute Gasteiger partial charge is 0.496 e. The van der Waals surface area contributed by atoms with Gasteiger partial charge in [0.15, 0.2) is 0 Å². The zero-order valence-corrected chi connectivity index (χ0v) is 16.8. The second-order valence-electron chi connectivity index (χ2n) is 6.73. The van der Waals surface area contributed by atoms with Crippen LogP contribution in [0.2, 0.25) is 0 Å². The minimum Gasteiger partial charge on any atom is -0.496 e. The average Bonchev–Trinajstić information content (AvgIpc) is 2.68. The van der Waals surface area contributed by atoms with E-state index in [-0.39, 0.29) is 11.0 Å². The monoisotopic (exact) mass is 390 g/mol. The van der Waals surface area contributed by atoms with Gasteiger partial charge in [-0.3, -0.25) is 4.72 Å². The average molecular weight is 391 g/mol. The molecule has 6 nitrogen and oxygen atoms in total. The Kier molecular flexibility index (Phi) is 5.92. The second-order valence-corrected chi connectivity index (χ2v) is 8.41. The highest BCUT2D eigenvalue weighted by atomic mass is 32.2. The quantitative estimate of drug-likeness (QED) is 0.819. The summed E-state index contributed by atoms with van der Waals surface area (Å²) in [5.74, 6) is 0.661. The summed E-state index contributed by atoms with van der Waals surface area (Å²) in [6.07, 6.45) is 2.41. The van der Waals surface area contributed by atoms with Crippen molar-refractivity contribution in [3.8, 4) is 5.75 Å². The number of anilines is 2. The van der Waals surface area contributed by atoms with Crippen molar-refractivity contribution in [3.05, 3.63) is 48.0 Å². The molecule has 1 unspecified atom stereocenters. The molecule has 1 saturated heterocycles. The molecular formula is C20H26N2O4S. The van der Waals surface area contributed by atoms with Crippen molar-refractivity contribution in [2.24, 2.45) is 0 Å². The van der Waals surface area contributed by atoms with Gasteiger partial charge in [0.05, 0.1) is 18.1 Å². The van der Waals surface area contributed by atoms with Crippen LogP contribution in [0.25, 0.3) is 0 Å². The Morgan fingerprint density at radius 2 is 1.85 bits per heavy atom. The van der Waals surface area contributed by atoms with E-state index >= 15 is 0 Å². The lowest BCUT2D eigenvalue weighted by atomic mass is 10.1. The minimum absolute atomic E-state index is 0.212. The summed E-state index contributed by atoms with van der Waals surface area (Å²) >= 11 is 0. The summed E-state index contributed by atoms with van der Waals surface area (Å²) in [5.41, 5.74) is 2.38. The van der Waals surface area contributed by atoms with Crippen LogP contribution < -0.4 is 14.4 Å². The van der Waals surface area contributed by atoms with Gasteiger partial charge in [-0.15, -0.1) is 0 Å². The van der Waals surface area contributed by atoms with E-state index in [1.807, 2.05) is 19.1 Å². The first kappa shape index (κ1) is 19.5. The predicted molar refractivity (Wildman–Crippen MR) is 107 cm³/mol. The lowest BCUT2D eigenvalue weighted by Gasteiger charge is -2.33. The second kappa shape index (κ2) is 8.19. The SMILES string of the molecule is COc1ccc(S(=O)(=O)Nc2ccc(N3CCCC(OC)C3)cc2)cc1C. The number of rotatable bonds is 6. The van der Waals surface area contributed by atoms with E-state index in [1.54, 1.807) is 44.6 Å². The normalized spacial score (nSPS) is 17.6. The van der Waals surface area contributed by atoms with Gasteiger partial charge in [0.2, 0.25) is 0 Å². The first-order valence-corrected chi connectivity index (χ1v) is 10.5. The molecule has 27 heavy (non-hydrogen) atoms. The topological polar surface area (TPSA) is 67.9 Å². The number of benzene rings is 2. The third kappa shape index (κ3) is 4.54. The van der Waals surface area contributed by atoms with Gasteiger partial charge in [-0.25, -0.2) is 8.42 Å². The summed E-state index contributed by atoms with van der Waals surface area (Å²) in [5, 5.41) is 0. The number of piperidine rings is 1. The summed E-state index contributed by atoms with van der Waals surface area (Å²) in [6.45, 7) is 3.65. The fourth-order valence-corrected chi connectivity index (χ4v) is 4.48. The van der Waals surface area contributed by atoms with Crippen molar-refractivity contribution in [2.45, 2.75) is 30.8 Å². The molecule has 1 aliphatic heterocycles. The third-order valence-electron chi connectivity index (χ3n) is 4.87. The molecule has 0 aromatic heterocycles. The number of hydrogen-bond acceptors (Lipinski definition) is 5. The van der Waals surface area contributed by atoms with E-state index in [4.69, 9.17) is 9.47 Å². The molecule has 1 fully saturated rings. The van der Waals surface area contributed by atoms with Gasteiger partial charge < -0.3 is 14.4 Å². The van der Waals surface area contributed by atoms with Crippen LogP contribution in [0.15, 0.2) is 47.4 Å². The fourth-order valence-electron chi connectivity index (χ4n) is 3.34. The standard InChI is InChI=1S/C20H26N2O4S/c1-15-13-19(10-11-20(15)26-3)27(23,24)21-16-6-8-17(9-7-16)22-12-4-5-18(14-22)25-2/h6-11,13,18,21H,4-5,12,14H2,1-3H3. The molecule has 3 rings (SSSR count). The fraction of sp³-hybridized carbons (Fsp3) is 0.400. The van der Waals surface area contributed by atoms with E-state index in [9.17, 15) is 8.42 Å². The van der Waals surface area contributed by atoms with Crippen molar-refractivity contribution in [1.82, 2.24) is 0 Å². The number of ether oxygens (including phenoxy) is 2. The van der Waals surface area contributed by atoms with E-state index in [0.717, 1.165) is 37.2 Å². The number of nitrogens with zero attached hydrogens (tertiary/aromatic N) is 1. The Hall–Kier alpha value is -2.25. The van der Waals surface area contributed by atoms with Gasteiger partial charge in [0.25, 0.3) is 10.0 Å². The minimum atomic E-state index is -3.65. The van der Waals surface area contributed by atoms with E-state index < -0.39 is 10.0 Å². The van der Waals surface area contributed by atoms with Crippen LogP contribution in [-0.2, 0) is 14.8 Å². The zero-order valence-electron chi connectivity index (χ0n) is 15.9. The Morgan fingerprint density at radius 3 is 2.48 bits per heavy atom. The molecule has 0 saturated carbocycles. The van der Waals surface area contributed by atoms with Gasteiger partial charge in [-0.2, -0.15) is 0 Å². The maximum absolute atomic E-state index is 12.6. The smallest absolute Gasteiger partial charge is 0.261 e. The molecule has 0 radical (unpaired) electrons. The lowest BCUT2D eigenvalue weighted by Crippen LogP contribution is -2.39. The predicted octanol–water partition coefficient (Wildman–Crippen LogP) is 3.42. The number of hydrogen-bond donors (Lipinski definition) is 1. The number of sulfonamides is 1. The molecule has 1 atom stereocenters. The number of methoxy groups -OCH3 is 2. The highest BCUT2D eigenvalue weighted by molar-refractivity contribution is 7.92. The van der Waals surface area contributed by atoms with Crippen LogP contribution in [0.5, 0.6) is 5.75 Å². The van der Waals surface area contributed by atoms with Crippen molar-refractivity contribution in [2.75, 3.05) is 36.9 Å². The highest BCUT2D eigenvalue weighted by Gasteiger charge is 2.20. The van der Waals surface area contributed by atoms with Crippen molar-refractivity contribution < 1.29 is 17.9 Å². The van der Waals surface area contributed by atoms with Crippen LogP contribution in [0.3, 0.4) is 0 Å². The van der Waals surface area contributed by atoms with E-state index in [1.165, 1.54) is 0 Å². The molecular weight excluding hydrogens is 364 g/mol. The lowest BCUT2D eigenvalue weighted by molar-refractivity contribution is 0.0893. The van der Waals surface area contributed by atoms with Gasteiger partial charge >= 0.3 is 0 Å². The molecule has 1 heterocycles. The van der Waals surface area contributed by atoms with Gasteiger partial charge in [-0.05, 0) is 67.8 Å². The highest BCUT2D eigenvalue weighted by Crippen LogP contribution is 2.26. The zero-order chi connectivity index (χ0) is 19.4. The van der Waals surface area contributed by atoms with Crippen LogP contribution in [0, 0.1) is 6.92 Å². The molecule has 1 N–H and O–H groups in total. The van der Waals surface area contributed by atoms with Crippen LogP contribution >= 0.6 is 0 Å². The van der Waals surface area contributed by atoms with E-state index in [0.29, 0.717) is 11.4 Å². The summed E-state index contributed by atoms with van der Waals surface area (Å²) in [7, 11) is -0.344. The van der Waals surface area contributed by atoms with Crippen LogP contribution in [0.1, 0.15) is 18.4 Å². The summed E-state index contributed by atoms with van der Waals surface area (Å²) in [4.78, 5) is 2.48.